The molecule has 4 nitrogen and oxygen atoms in total. The van der Waals surface area contributed by atoms with Gasteiger partial charge in [0.05, 0.1) is 22.7 Å². The number of para-hydroxylation sites is 2. The second-order valence-corrected chi connectivity index (χ2v) is 9.63. The Bertz CT molecular complexity index is 1530. The molecule has 0 fully saturated rings. The van der Waals surface area contributed by atoms with Crippen molar-refractivity contribution in [3.05, 3.63) is 158 Å². The second kappa shape index (κ2) is 11.1. The van der Waals surface area contributed by atoms with Gasteiger partial charge >= 0.3 is 0 Å². The molecule has 194 valence electrons. The predicted octanol–water partition coefficient (Wildman–Crippen LogP) is 9.08. The van der Waals surface area contributed by atoms with E-state index in [2.05, 4.69) is 119 Å². The molecule has 4 bridgehead atoms. The number of hydrazine groups is 1. The average molecular weight is 519 g/mol. The molecule has 0 amide bonds. The van der Waals surface area contributed by atoms with Gasteiger partial charge in [0, 0.05) is 11.4 Å². The van der Waals surface area contributed by atoms with Crippen molar-refractivity contribution in [1.29, 1.82) is 0 Å². The molecule has 4 heteroatoms. The zero-order valence-corrected chi connectivity index (χ0v) is 22.1. The summed E-state index contributed by atoms with van der Waals surface area (Å²) in [5.74, 6) is 0. The van der Waals surface area contributed by atoms with Crippen LogP contribution in [0.4, 0.5) is 34.1 Å². The molecular weight excluding hydrogens is 488 g/mol. The SMILES string of the molecule is Nc1ccc(-c2ccc(N)cc2)cc1.c1ccc(N2c3ccc(cc3)-c3ccc(cc3)N2c2ccccc2)cc1. The maximum Gasteiger partial charge on any atom is 0.0637 e. The molecule has 0 saturated heterocycles. The maximum atomic E-state index is 5.61. The quantitative estimate of drug-likeness (QED) is 0.229. The highest BCUT2D eigenvalue weighted by atomic mass is 15.6. The third-order valence-corrected chi connectivity index (χ3v) is 6.91. The van der Waals surface area contributed by atoms with Crippen molar-refractivity contribution >= 4 is 34.1 Å². The van der Waals surface area contributed by atoms with Crippen LogP contribution in [-0.4, -0.2) is 0 Å². The lowest BCUT2D eigenvalue weighted by molar-refractivity contribution is 0.989. The monoisotopic (exact) mass is 518 g/mol. The van der Waals surface area contributed by atoms with Gasteiger partial charge in [0.2, 0.25) is 0 Å². The first-order valence-corrected chi connectivity index (χ1v) is 13.3. The molecule has 0 saturated carbocycles. The molecule has 6 aromatic carbocycles. The van der Waals surface area contributed by atoms with Crippen LogP contribution in [0.25, 0.3) is 22.3 Å². The standard InChI is InChI=1S/C24H18N2.C12H12N2/c1-3-7-21(8-4-1)25-23-15-11-19(12-16-23)20-13-17-24(18-14-20)26(25)22-9-5-2-6-10-22;13-11-5-1-9(2-6-11)10-3-7-12(14)8-4-10/h1-18H;1-8H,13-14H2. The van der Waals surface area contributed by atoms with Crippen LogP contribution < -0.4 is 21.5 Å². The Morgan fingerprint density at radius 1 is 0.275 bits per heavy atom. The molecule has 6 aromatic rings. The van der Waals surface area contributed by atoms with E-state index in [-0.39, 0.29) is 0 Å². The third kappa shape index (κ3) is 5.24. The summed E-state index contributed by atoms with van der Waals surface area (Å²) in [6, 6.07) is 54.1. The summed E-state index contributed by atoms with van der Waals surface area (Å²) < 4.78 is 0. The minimum atomic E-state index is 0.782. The zero-order chi connectivity index (χ0) is 27.3. The molecule has 40 heavy (non-hydrogen) atoms. The first-order valence-electron chi connectivity index (χ1n) is 13.3. The van der Waals surface area contributed by atoms with Crippen molar-refractivity contribution in [3.63, 3.8) is 0 Å². The summed E-state index contributed by atoms with van der Waals surface area (Å²) in [4.78, 5) is 0. The lowest BCUT2D eigenvalue weighted by atomic mass is 10.0. The first kappa shape index (κ1) is 24.8. The largest absolute Gasteiger partial charge is 0.399 e. The fourth-order valence-electron chi connectivity index (χ4n) is 4.84. The van der Waals surface area contributed by atoms with Gasteiger partial charge < -0.3 is 11.5 Å². The van der Waals surface area contributed by atoms with Crippen molar-refractivity contribution in [2.75, 3.05) is 21.5 Å². The van der Waals surface area contributed by atoms with Crippen LogP contribution in [0.1, 0.15) is 0 Å². The fourth-order valence-corrected chi connectivity index (χ4v) is 4.84. The Balaban J connectivity index is 0.000000175. The number of benzene rings is 6. The van der Waals surface area contributed by atoms with Gasteiger partial charge in [0.25, 0.3) is 0 Å². The van der Waals surface area contributed by atoms with Crippen LogP contribution >= 0.6 is 0 Å². The summed E-state index contributed by atoms with van der Waals surface area (Å²) in [5.41, 5.74) is 22.1. The Kier molecular flexibility index (Phi) is 6.89. The number of nitrogen functional groups attached to an aromatic ring is 2. The van der Waals surface area contributed by atoms with Crippen LogP contribution in [-0.2, 0) is 0 Å². The molecule has 0 aromatic heterocycles. The van der Waals surface area contributed by atoms with Gasteiger partial charge in [-0.15, -0.1) is 0 Å². The highest BCUT2D eigenvalue weighted by molar-refractivity contribution is 5.81. The summed E-state index contributed by atoms with van der Waals surface area (Å²) in [6.45, 7) is 0. The van der Waals surface area contributed by atoms with E-state index in [1.807, 2.05) is 48.5 Å². The number of hydrogen-bond donors (Lipinski definition) is 2. The van der Waals surface area contributed by atoms with E-state index in [4.69, 9.17) is 11.5 Å². The molecule has 0 radical (unpaired) electrons. The Morgan fingerprint density at radius 2 is 0.525 bits per heavy atom. The van der Waals surface area contributed by atoms with Crippen molar-refractivity contribution in [3.8, 4) is 22.3 Å². The van der Waals surface area contributed by atoms with Crippen molar-refractivity contribution in [1.82, 2.24) is 0 Å². The van der Waals surface area contributed by atoms with Crippen LogP contribution in [0.15, 0.2) is 158 Å². The first-order chi connectivity index (χ1) is 19.7. The van der Waals surface area contributed by atoms with Gasteiger partial charge in [-0.1, -0.05) is 84.9 Å². The van der Waals surface area contributed by atoms with E-state index in [9.17, 15) is 0 Å². The number of rotatable bonds is 3. The van der Waals surface area contributed by atoms with Gasteiger partial charge in [0.15, 0.2) is 0 Å². The Labute approximate surface area is 235 Å². The molecule has 0 atom stereocenters. The topological polar surface area (TPSA) is 58.5 Å². The van der Waals surface area contributed by atoms with Crippen molar-refractivity contribution in [2.24, 2.45) is 0 Å². The van der Waals surface area contributed by atoms with E-state index in [1.165, 1.54) is 11.1 Å². The highest BCUT2D eigenvalue weighted by Crippen LogP contribution is 2.39. The van der Waals surface area contributed by atoms with Gasteiger partial charge in [-0.3, -0.25) is 0 Å². The fraction of sp³-hybridized carbons (Fsp3) is 0. The molecule has 4 N–H and O–H groups in total. The predicted molar refractivity (Wildman–Crippen MR) is 170 cm³/mol. The van der Waals surface area contributed by atoms with Crippen LogP contribution in [0.3, 0.4) is 0 Å². The molecule has 4 aliphatic rings. The normalized spacial score (nSPS) is 11.6. The lowest BCUT2D eigenvalue weighted by Crippen LogP contribution is -2.35. The lowest BCUT2D eigenvalue weighted by Gasteiger charge is -2.39. The number of anilines is 6. The van der Waals surface area contributed by atoms with E-state index >= 15 is 0 Å². The summed E-state index contributed by atoms with van der Waals surface area (Å²) in [6.07, 6.45) is 0. The average Bonchev–Trinajstić information content (AvgIpc) is 3.03. The van der Waals surface area contributed by atoms with Crippen molar-refractivity contribution in [2.45, 2.75) is 0 Å². The third-order valence-electron chi connectivity index (χ3n) is 6.91. The van der Waals surface area contributed by atoms with E-state index < -0.39 is 0 Å². The minimum Gasteiger partial charge on any atom is -0.399 e. The van der Waals surface area contributed by atoms with Gasteiger partial charge in [0.1, 0.15) is 0 Å². The molecule has 0 unspecified atom stereocenters. The molecule has 0 aliphatic carbocycles. The molecule has 4 aliphatic heterocycles. The Morgan fingerprint density at radius 3 is 0.825 bits per heavy atom. The number of hydrogen-bond acceptors (Lipinski definition) is 4. The van der Waals surface area contributed by atoms with Gasteiger partial charge in [-0.05, 0) is 95.1 Å². The molecule has 4 heterocycles. The summed E-state index contributed by atoms with van der Waals surface area (Å²) in [7, 11) is 0. The van der Waals surface area contributed by atoms with E-state index in [1.54, 1.807) is 0 Å². The van der Waals surface area contributed by atoms with E-state index in [0.717, 1.165) is 45.3 Å². The molecular formula is C36H30N4. The smallest absolute Gasteiger partial charge is 0.0637 e. The Hall–Kier alpha value is -5.48. The molecule has 10 rings (SSSR count). The minimum absolute atomic E-state index is 0.782. The number of nitrogens with two attached hydrogens (primary N) is 2. The van der Waals surface area contributed by atoms with Crippen molar-refractivity contribution < 1.29 is 0 Å². The molecule has 0 spiro atoms. The van der Waals surface area contributed by atoms with Gasteiger partial charge in [-0.2, -0.15) is 0 Å². The van der Waals surface area contributed by atoms with Gasteiger partial charge in [-0.25, -0.2) is 10.0 Å². The van der Waals surface area contributed by atoms with E-state index in [0.29, 0.717) is 0 Å². The van der Waals surface area contributed by atoms with Crippen LogP contribution in [0.2, 0.25) is 0 Å². The van der Waals surface area contributed by atoms with Crippen LogP contribution in [0.5, 0.6) is 0 Å². The zero-order valence-electron chi connectivity index (χ0n) is 22.1. The second-order valence-electron chi connectivity index (χ2n) is 9.63. The number of nitrogens with zero attached hydrogens (tertiary/aromatic N) is 2. The highest BCUT2D eigenvalue weighted by Gasteiger charge is 2.22. The summed E-state index contributed by atoms with van der Waals surface area (Å²) >= 11 is 0. The maximum absolute atomic E-state index is 5.61. The summed E-state index contributed by atoms with van der Waals surface area (Å²) in [5, 5.41) is 4.53. The van der Waals surface area contributed by atoms with Crippen LogP contribution in [0, 0.1) is 0 Å².